The minimum Gasteiger partial charge on any atom is -0.496 e. The Morgan fingerprint density at radius 3 is 2.00 bits per heavy atom. The van der Waals surface area contributed by atoms with E-state index in [1.807, 2.05) is 32.9 Å². The van der Waals surface area contributed by atoms with Crippen molar-refractivity contribution in [3.8, 4) is 17.2 Å². The van der Waals surface area contributed by atoms with Crippen LogP contribution >= 0.6 is 0 Å². The van der Waals surface area contributed by atoms with Crippen LogP contribution < -0.4 is 23.8 Å². The van der Waals surface area contributed by atoms with Crippen molar-refractivity contribution in [2.45, 2.75) is 51.5 Å². The summed E-state index contributed by atoms with van der Waals surface area (Å²) in [5.41, 5.74) is 4.29. The molecule has 210 valence electrons. The molecule has 0 unspecified atom stereocenters. The summed E-state index contributed by atoms with van der Waals surface area (Å²) in [5.74, 6) is 1.27. The van der Waals surface area contributed by atoms with Crippen molar-refractivity contribution in [2.75, 3.05) is 32.2 Å². The maximum atomic E-state index is 13.9. The van der Waals surface area contributed by atoms with E-state index in [1.165, 1.54) is 32.4 Å². The number of rotatable bonds is 11. The molecule has 0 saturated heterocycles. The predicted octanol–water partition coefficient (Wildman–Crippen LogP) is 5.53. The average Bonchev–Trinajstić information content (AvgIpc) is 2.91. The van der Waals surface area contributed by atoms with Gasteiger partial charge in [0.2, 0.25) is 5.91 Å². The summed E-state index contributed by atoms with van der Waals surface area (Å²) in [7, 11) is 0.422. The standard InChI is InChI=1S/C30H38N2O6S/c1-19(2)25-17-26(21(4)15-28(25)37-7)22(5)31-30(33)18-32(23-11-9-20(3)10-12-23)39(34,35)24-13-14-27(36-6)29(16-24)38-8/h9-17,19,22H,18H2,1-8H3,(H,31,33)/t22-/m0/s1. The Morgan fingerprint density at radius 1 is 0.821 bits per heavy atom. The topological polar surface area (TPSA) is 94.2 Å². The van der Waals surface area contributed by atoms with E-state index in [4.69, 9.17) is 14.2 Å². The summed E-state index contributed by atoms with van der Waals surface area (Å²) in [6.07, 6.45) is 0. The molecular weight excluding hydrogens is 516 g/mol. The van der Waals surface area contributed by atoms with E-state index >= 15 is 0 Å². The molecule has 1 N–H and O–H groups in total. The lowest BCUT2D eigenvalue weighted by Gasteiger charge is -2.26. The Morgan fingerprint density at radius 2 is 1.44 bits per heavy atom. The molecule has 39 heavy (non-hydrogen) atoms. The highest BCUT2D eigenvalue weighted by molar-refractivity contribution is 7.92. The maximum Gasteiger partial charge on any atom is 0.264 e. The molecule has 0 fully saturated rings. The van der Waals surface area contributed by atoms with Crippen molar-refractivity contribution >= 4 is 21.6 Å². The molecule has 0 aliphatic carbocycles. The summed E-state index contributed by atoms with van der Waals surface area (Å²) in [5, 5.41) is 2.99. The molecule has 0 bridgehead atoms. The van der Waals surface area contributed by atoms with E-state index in [1.54, 1.807) is 31.4 Å². The number of ether oxygens (including phenoxy) is 3. The highest BCUT2D eigenvalue weighted by atomic mass is 32.2. The number of benzene rings is 3. The van der Waals surface area contributed by atoms with Gasteiger partial charge in [0.25, 0.3) is 10.0 Å². The van der Waals surface area contributed by atoms with Crippen molar-refractivity contribution in [3.63, 3.8) is 0 Å². The van der Waals surface area contributed by atoms with Crippen LogP contribution in [-0.4, -0.2) is 42.2 Å². The summed E-state index contributed by atoms with van der Waals surface area (Å²) in [4.78, 5) is 13.3. The molecule has 0 heterocycles. The number of anilines is 1. The minimum atomic E-state index is -4.13. The highest BCUT2D eigenvalue weighted by Crippen LogP contribution is 2.34. The Labute approximate surface area is 231 Å². The lowest BCUT2D eigenvalue weighted by molar-refractivity contribution is -0.120. The van der Waals surface area contributed by atoms with Gasteiger partial charge < -0.3 is 19.5 Å². The van der Waals surface area contributed by atoms with Gasteiger partial charge in [-0.25, -0.2) is 8.42 Å². The van der Waals surface area contributed by atoms with Gasteiger partial charge in [-0.15, -0.1) is 0 Å². The first-order valence-electron chi connectivity index (χ1n) is 12.7. The van der Waals surface area contributed by atoms with E-state index in [-0.39, 0.29) is 22.6 Å². The van der Waals surface area contributed by atoms with Crippen LogP contribution in [0.2, 0.25) is 0 Å². The fourth-order valence-corrected chi connectivity index (χ4v) is 5.87. The van der Waals surface area contributed by atoms with Crippen molar-refractivity contribution in [2.24, 2.45) is 0 Å². The Balaban J connectivity index is 1.95. The second-order valence-corrected chi connectivity index (χ2v) is 11.6. The van der Waals surface area contributed by atoms with Crippen LogP contribution in [-0.2, 0) is 14.8 Å². The van der Waals surface area contributed by atoms with Gasteiger partial charge in [-0.2, -0.15) is 0 Å². The zero-order valence-corrected chi connectivity index (χ0v) is 24.7. The van der Waals surface area contributed by atoms with Crippen molar-refractivity contribution in [3.05, 3.63) is 76.9 Å². The molecule has 1 amide bonds. The average molecular weight is 555 g/mol. The van der Waals surface area contributed by atoms with Crippen LogP contribution in [0.4, 0.5) is 5.69 Å². The molecule has 0 radical (unpaired) electrons. The second kappa shape index (κ2) is 12.4. The van der Waals surface area contributed by atoms with E-state index in [0.717, 1.165) is 32.3 Å². The van der Waals surface area contributed by atoms with Gasteiger partial charge in [0.05, 0.1) is 38.0 Å². The fraction of sp³-hybridized carbons (Fsp3) is 0.367. The molecule has 1 atom stereocenters. The summed E-state index contributed by atoms with van der Waals surface area (Å²) in [6.45, 7) is 9.52. The van der Waals surface area contributed by atoms with Crippen molar-refractivity contribution in [1.82, 2.24) is 5.32 Å². The van der Waals surface area contributed by atoms with Crippen LogP contribution in [0, 0.1) is 13.8 Å². The van der Waals surface area contributed by atoms with Gasteiger partial charge in [0, 0.05) is 6.07 Å². The Bertz CT molecular complexity index is 1420. The maximum absolute atomic E-state index is 13.9. The van der Waals surface area contributed by atoms with E-state index in [9.17, 15) is 13.2 Å². The quantitative estimate of drug-likeness (QED) is 0.335. The first-order chi connectivity index (χ1) is 18.4. The molecule has 9 heteroatoms. The predicted molar refractivity (Wildman–Crippen MR) is 154 cm³/mol. The van der Waals surface area contributed by atoms with Gasteiger partial charge >= 0.3 is 0 Å². The van der Waals surface area contributed by atoms with Crippen LogP contribution in [0.5, 0.6) is 17.2 Å². The number of sulfonamides is 1. The SMILES string of the molecule is COc1ccc(S(=O)(=O)N(CC(=O)N[C@@H](C)c2cc(C(C)C)c(OC)cc2C)c2ccc(C)cc2)cc1OC. The third-order valence-corrected chi connectivity index (χ3v) is 8.41. The Kier molecular flexibility index (Phi) is 9.50. The van der Waals surface area contributed by atoms with Crippen molar-refractivity contribution in [1.29, 1.82) is 0 Å². The second-order valence-electron chi connectivity index (χ2n) is 9.76. The number of aryl methyl sites for hydroxylation is 2. The van der Waals surface area contributed by atoms with Crippen LogP contribution in [0.1, 0.15) is 55.0 Å². The number of nitrogens with one attached hydrogen (secondary N) is 1. The summed E-state index contributed by atoms with van der Waals surface area (Å²) < 4.78 is 44.9. The largest absolute Gasteiger partial charge is 0.496 e. The lowest BCUT2D eigenvalue weighted by atomic mass is 9.93. The molecule has 3 rings (SSSR count). The number of carbonyl (C=O) groups excluding carboxylic acids is 1. The number of nitrogens with zero attached hydrogens (tertiary/aromatic N) is 1. The molecule has 0 spiro atoms. The number of methoxy groups -OCH3 is 3. The van der Waals surface area contributed by atoms with E-state index in [2.05, 4.69) is 19.2 Å². The van der Waals surface area contributed by atoms with Crippen molar-refractivity contribution < 1.29 is 27.4 Å². The zero-order valence-electron chi connectivity index (χ0n) is 23.9. The third kappa shape index (κ3) is 6.65. The zero-order chi connectivity index (χ0) is 28.9. The first kappa shape index (κ1) is 29.8. The summed E-state index contributed by atoms with van der Waals surface area (Å²) in [6, 6.07) is 15.0. The number of carbonyl (C=O) groups is 1. The third-order valence-electron chi connectivity index (χ3n) is 6.64. The van der Waals surface area contributed by atoms with Crippen LogP contribution in [0.3, 0.4) is 0 Å². The van der Waals surface area contributed by atoms with Gasteiger partial charge in [0.1, 0.15) is 12.3 Å². The lowest BCUT2D eigenvalue weighted by Crippen LogP contribution is -2.41. The molecule has 0 aliphatic rings. The highest BCUT2D eigenvalue weighted by Gasteiger charge is 2.29. The van der Waals surface area contributed by atoms with Crippen LogP contribution in [0.15, 0.2) is 59.5 Å². The van der Waals surface area contributed by atoms with Gasteiger partial charge in [0.15, 0.2) is 11.5 Å². The normalized spacial score (nSPS) is 12.1. The first-order valence-corrected chi connectivity index (χ1v) is 14.2. The molecule has 0 aromatic heterocycles. The molecule has 3 aromatic rings. The molecule has 8 nitrogen and oxygen atoms in total. The summed E-state index contributed by atoms with van der Waals surface area (Å²) >= 11 is 0. The molecular formula is C30H38N2O6S. The van der Waals surface area contributed by atoms with E-state index in [0.29, 0.717) is 11.4 Å². The number of hydrogen-bond acceptors (Lipinski definition) is 6. The molecule has 3 aromatic carbocycles. The van der Waals surface area contributed by atoms with E-state index < -0.39 is 22.5 Å². The van der Waals surface area contributed by atoms with Gasteiger partial charge in [-0.05, 0) is 79.8 Å². The fourth-order valence-electron chi connectivity index (χ4n) is 4.44. The van der Waals surface area contributed by atoms with Gasteiger partial charge in [-0.1, -0.05) is 31.5 Å². The number of hydrogen-bond donors (Lipinski definition) is 1. The molecule has 0 saturated carbocycles. The minimum absolute atomic E-state index is 0.0193. The monoisotopic (exact) mass is 554 g/mol. The smallest absolute Gasteiger partial charge is 0.264 e. The van der Waals surface area contributed by atoms with Gasteiger partial charge in [-0.3, -0.25) is 9.10 Å². The van der Waals surface area contributed by atoms with Crippen LogP contribution in [0.25, 0.3) is 0 Å². The number of amides is 1. The Hall–Kier alpha value is -3.72. The molecule has 0 aliphatic heterocycles.